The van der Waals surface area contributed by atoms with Gasteiger partial charge in [-0.3, -0.25) is 4.79 Å². The first kappa shape index (κ1) is 14.7. The van der Waals surface area contributed by atoms with Crippen LogP contribution in [0.2, 0.25) is 0 Å². The first-order valence-corrected chi connectivity index (χ1v) is 8.11. The van der Waals surface area contributed by atoms with Gasteiger partial charge in [-0.15, -0.1) is 0 Å². The number of nitrogens with zero attached hydrogens (tertiary/aromatic N) is 2. The molecule has 1 aromatic heterocycles. The standard InChI is InChI=1S/C12H18N4O3S/c1-8-5-10(6-11(14-8)15-13)12(17)16-3-4-20(18,19)7-9(16)2/h5-6,9H,3-4,7,13H2,1-2H3,(H,14,15). The summed E-state index contributed by atoms with van der Waals surface area (Å²) in [6.45, 7) is 3.72. The van der Waals surface area contributed by atoms with Crippen LogP contribution < -0.4 is 11.3 Å². The van der Waals surface area contributed by atoms with Gasteiger partial charge in [0.25, 0.3) is 5.91 Å². The van der Waals surface area contributed by atoms with E-state index in [9.17, 15) is 13.2 Å². The Kier molecular flexibility index (Phi) is 3.96. The van der Waals surface area contributed by atoms with Gasteiger partial charge in [-0.25, -0.2) is 19.2 Å². The molecule has 3 N–H and O–H groups in total. The van der Waals surface area contributed by atoms with Crippen molar-refractivity contribution in [1.29, 1.82) is 0 Å². The quantitative estimate of drug-likeness (QED) is 0.585. The Bertz CT molecular complexity index is 630. The van der Waals surface area contributed by atoms with Crippen molar-refractivity contribution in [2.24, 2.45) is 5.84 Å². The van der Waals surface area contributed by atoms with E-state index in [0.717, 1.165) is 0 Å². The van der Waals surface area contributed by atoms with Crippen LogP contribution in [0.1, 0.15) is 23.0 Å². The minimum absolute atomic E-state index is 0.00476. The summed E-state index contributed by atoms with van der Waals surface area (Å²) in [5, 5.41) is 0. The van der Waals surface area contributed by atoms with Crippen LogP contribution in [0.5, 0.6) is 0 Å². The number of rotatable bonds is 2. The molecule has 1 aliphatic heterocycles. The summed E-state index contributed by atoms with van der Waals surface area (Å²) < 4.78 is 23.1. The van der Waals surface area contributed by atoms with Crippen LogP contribution >= 0.6 is 0 Å². The number of carbonyl (C=O) groups excluding carboxylic acids is 1. The SMILES string of the molecule is Cc1cc(C(=O)N2CCS(=O)(=O)CC2C)cc(NN)n1. The van der Waals surface area contributed by atoms with E-state index in [1.807, 2.05) is 0 Å². The second-order valence-corrected chi connectivity index (χ2v) is 7.22. The van der Waals surface area contributed by atoms with Crippen molar-refractivity contribution in [1.82, 2.24) is 9.88 Å². The highest BCUT2D eigenvalue weighted by molar-refractivity contribution is 7.91. The zero-order valence-electron chi connectivity index (χ0n) is 11.5. The Balaban J connectivity index is 2.26. The number of anilines is 1. The molecular weight excluding hydrogens is 280 g/mol. The fourth-order valence-electron chi connectivity index (χ4n) is 2.33. The Morgan fingerprint density at radius 3 is 2.80 bits per heavy atom. The molecule has 2 rings (SSSR count). The molecule has 1 fully saturated rings. The van der Waals surface area contributed by atoms with Crippen LogP contribution in [-0.4, -0.2) is 48.3 Å². The van der Waals surface area contributed by atoms with E-state index in [0.29, 0.717) is 17.1 Å². The number of pyridine rings is 1. The summed E-state index contributed by atoms with van der Waals surface area (Å²) >= 11 is 0. The first-order valence-electron chi connectivity index (χ1n) is 6.29. The summed E-state index contributed by atoms with van der Waals surface area (Å²) in [4.78, 5) is 18.2. The van der Waals surface area contributed by atoms with Gasteiger partial charge in [0.05, 0.1) is 11.5 Å². The third-order valence-corrected chi connectivity index (χ3v) is 5.07. The Hall–Kier alpha value is -1.67. The van der Waals surface area contributed by atoms with Gasteiger partial charge in [0.15, 0.2) is 9.84 Å². The molecule has 110 valence electrons. The Labute approximate surface area is 118 Å². The number of aryl methyl sites for hydroxylation is 1. The number of amides is 1. The predicted octanol–water partition coefficient (Wildman–Crippen LogP) is -0.0653. The molecule has 2 heterocycles. The summed E-state index contributed by atoms with van der Waals surface area (Å²) in [5.41, 5.74) is 3.54. The molecule has 1 aromatic rings. The molecule has 1 saturated heterocycles. The van der Waals surface area contributed by atoms with E-state index in [2.05, 4.69) is 10.4 Å². The maximum Gasteiger partial charge on any atom is 0.254 e. The molecule has 0 spiro atoms. The van der Waals surface area contributed by atoms with Gasteiger partial charge in [0.1, 0.15) is 5.82 Å². The normalized spacial score (nSPS) is 21.6. The fraction of sp³-hybridized carbons (Fsp3) is 0.500. The predicted molar refractivity (Wildman–Crippen MR) is 75.9 cm³/mol. The molecule has 1 aliphatic rings. The number of sulfone groups is 1. The minimum Gasteiger partial charge on any atom is -0.334 e. The maximum absolute atomic E-state index is 12.5. The van der Waals surface area contributed by atoms with Gasteiger partial charge in [-0.05, 0) is 26.0 Å². The molecule has 1 amide bonds. The molecule has 0 saturated carbocycles. The smallest absolute Gasteiger partial charge is 0.254 e. The van der Waals surface area contributed by atoms with E-state index in [1.54, 1.807) is 30.9 Å². The molecule has 8 heteroatoms. The molecule has 0 radical (unpaired) electrons. The van der Waals surface area contributed by atoms with Crippen molar-refractivity contribution in [3.8, 4) is 0 Å². The van der Waals surface area contributed by atoms with E-state index >= 15 is 0 Å². The number of carbonyl (C=O) groups is 1. The number of hydrogen-bond acceptors (Lipinski definition) is 6. The van der Waals surface area contributed by atoms with Crippen molar-refractivity contribution >= 4 is 21.6 Å². The van der Waals surface area contributed by atoms with Gasteiger partial charge < -0.3 is 10.3 Å². The van der Waals surface area contributed by atoms with Crippen molar-refractivity contribution in [2.45, 2.75) is 19.9 Å². The average Bonchev–Trinajstić information content (AvgIpc) is 2.36. The van der Waals surface area contributed by atoms with Crippen LogP contribution in [0, 0.1) is 6.92 Å². The Morgan fingerprint density at radius 2 is 2.20 bits per heavy atom. The van der Waals surface area contributed by atoms with Crippen molar-refractivity contribution < 1.29 is 13.2 Å². The van der Waals surface area contributed by atoms with Gasteiger partial charge in [-0.2, -0.15) is 0 Å². The summed E-state index contributed by atoms with van der Waals surface area (Å²) in [5.74, 6) is 5.53. The number of hydrazine groups is 1. The fourth-order valence-corrected chi connectivity index (χ4v) is 3.89. The van der Waals surface area contributed by atoms with Crippen LogP contribution in [0.3, 0.4) is 0 Å². The topological polar surface area (TPSA) is 105 Å². The Morgan fingerprint density at radius 1 is 1.50 bits per heavy atom. The largest absolute Gasteiger partial charge is 0.334 e. The van der Waals surface area contributed by atoms with E-state index < -0.39 is 9.84 Å². The second kappa shape index (κ2) is 5.37. The van der Waals surface area contributed by atoms with Crippen LogP contribution in [-0.2, 0) is 9.84 Å². The van der Waals surface area contributed by atoms with Crippen molar-refractivity contribution in [2.75, 3.05) is 23.5 Å². The number of hydrogen-bond donors (Lipinski definition) is 2. The van der Waals surface area contributed by atoms with Crippen molar-refractivity contribution in [3.63, 3.8) is 0 Å². The monoisotopic (exact) mass is 298 g/mol. The van der Waals surface area contributed by atoms with Crippen LogP contribution in [0.25, 0.3) is 0 Å². The van der Waals surface area contributed by atoms with Gasteiger partial charge >= 0.3 is 0 Å². The van der Waals surface area contributed by atoms with E-state index in [4.69, 9.17) is 5.84 Å². The third-order valence-electron chi connectivity index (χ3n) is 3.28. The highest BCUT2D eigenvalue weighted by Gasteiger charge is 2.31. The number of nitrogen functional groups attached to an aromatic ring is 1. The highest BCUT2D eigenvalue weighted by Crippen LogP contribution is 2.17. The average molecular weight is 298 g/mol. The third kappa shape index (κ3) is 3.07. The van der Waals surface area contributed by atoms with Gasteiger partial charge in [0.2, 0.25) is 0 Å². The molecular formula is C12H18N4O3S. The zero-order chi connectivity index (χ0) is 14.9. The molecule has 1 unspecified atom stereocenters. The molecule has 0 bridgehead atoms. The van der Waals surface area contributed by atoms with E-state index in [1.165, 1.54) is 0 Å². The lowest BCUT2D eigenvalue weighted by Crippen LogP contribution is -2.49. The number of aromatic nitrogens is 1. The van der Waals surface area contributed by atoms with E-state index in [-0.39, 0.29) is 30.0 Å². The molecule has 0 aliphatic carbocycles. The lowest BCUT2D eigenvalue weighted by molar-refractivity contribution is 0.0712. The summed E-state index contributed by atoms with van der Waals surface area (Å²) in [6, 6.07) is 2.90. The summed E-state index contributed by atoms with van der Waals surface area (Å²) in [7, 11) is -3.04. The van der Waals surface area contributed by atoms with Gasteiger partial charge in [-0.1, -0.05) is 0 Å². The first-order chi connectivity index (χ1) is 9.32. The maximum atomic E-state index is 12.5. The summed E-state index contributed by atoms with van der Waals surface area (Å²) in [6.07, 6.45) is 0. The highest BCUT2D eigenvalue weighted by atomic mass is 32.2. The molecule has 7 nitrogen and oxygen atoms in total. The van der Waals surface area contributed by atoms with Crippen molar-refractivity contribution in [3.05, 3.63) is 23.4 Å². The number of nitrogens with one attached hydrogen (secondary N) is 1. The van der Waals surface area contributed by atoms with Gasteiger partial charge in [0, 0.05) is 23.8 Å². The lowest BCUT2D eigenvalue weighted by atomic mass is 10.1. The lowest BCUT2D eigenvalue weighted by Gasteiger charge is -2.33. The minimum atomic E-state index is -3.04. The van der Waals surface area contributed by atoms with Crippen LogP contribution in [0.15, 0.2) is 12.1 Å². The molecule has 1 atom stereocenters. The second-order valence-electron chi connectivity index (χ2n) is 4.99. The molecule has 0 aromatic carbocycles. The number of nitrogens with two attached hydrogens (primary N) is 1. The molecule has 20 heavy (non-hydrogen) atoms. The zero-order valence-corrected chi connectivity index (χ0v) is 12.3. The van der Waals surface area contributed by atoms with Crippen LogP contribution in [0.4, 0.5) is 5.82 Å².